The van der Waals surface area contributed by atoms with Gasteiger partial charge in [-0.05, 0) is 6.92 Å². The lowest BCUT2D eigenvalue weighted by atomic mass is 10.2. The van der Waals surface area contributed by atoms with E-state index >= 15 is 0 Å². The standard InChI is InChI=1S/C11H19N3O3/c1-8(13-9-6-10(15)12-7-9)11(16)14-2-4-17-5-3-14/h8-9,13H,2-7H2,1H3,(H,12,15). The Kier molecular flexibility index (Phi) is 3.96. The molecule has 0 bridgehead atoms. The fourth-order valence-corrected chi connectivity index (χ4v) is 2.21. The Labute approximate surface area is 101 Å². The van der Waals surface area contributed by atoms with Crippen molar-refractivity contribution in [2.45, 2.75) is 25.4 Å². The summed E-state index contributed by atoms with van der Waals surface area (Å²) in [6, 6.07) is -0.173. The van der Waals surface area contributed by atoms with Gasteiger partial charge in [0.25, 0.3) is 0 Å². The Balaban J connectivity index is 1.80. The molecule has 2 N–H and O–H groups in total. The number of hydrogen-bond acceptors (Lipinski definition) is 4. The van der Waals surface area contributed by atoms with Gasteiger partial charge in [0.15, 0.2) is 0 Å². The Hall–Kier alpha value is -1.14. The van der Waals surface area contributed by atoms with Crippen LogP contribution in [-0.2, 0) is 14.3 Å². The molecule has 2 saturated heterocycles. The van der Waals surface area contributed by atoms with Gasteiger partial charge in [-0.25, -0.2) is 0 Å². The molecule has 2 heterocycles. The van der Waals surface area contributed by atoms with E-state index in [1.807, 2.05) is 11.8 Å². The lowest BCUT2D eigenvalue weighted by Gasteiger charge is -2.30. The number of carbonyl (C=O) groups excluding carboxylic acids is 2. The molecule has 2 aliphatic rings. The molecule has 17 heavy (non-hydrogen) atoms. The summed E-state index contributed by atoms with van der Waals surface area (Å²) in [6.45, 7) is 5.00. The molecule has 0 spiro atoms. The summed E-state index contributed by atoms with van der Waals surface area (Å²) in [7, 11) is 0. The maximum absolute atomic E-state index is 12.1. The quantitative estimate of drug-likeness (QED) is 0.645. The van der Waals surface area contributed by atoms with E-state index in [0.717, 1.165) is 0 Å². The van der Waals surface area contributed by atoms with Crippen molar-refractivity contribution in [1.29, 1.82) is 0 Å². The second-order valence-corrected chi connectivity index (χ2v) is 4.53. The van der Waals surface area contributed by atoms with Crippen molar-refractivity contribution >= 4 is 11.8 Å². The topological polar surface area (TPSA) is 70.7 Å². The zero-order valence-electron chi connectivity index (χ0n) is 10.1. The molecule has 0 saturated carbocycles. The summed E-state index contributed by atoms with van der Waals surface area (Å²) >= 11 is 0. The van der Waals surface area contributed by atoms with Gasteiger partial charge in [-0.1, -0.05) is 0 Å². The van der Waals surface area contributed by atoms with Gasteiger partial charge in [0.1, 0.15) is 0 Å². The molecule has 2 atom stereocenters. The van der Waals surface area contributed by atoms with Gasteiger partial charge >= 0.3 is 0 Å². The number of morpholine rings is 1. The third-order valence-electron chi connectivity index (χ3n) is 3.16. The minimum absolute atomic E-state index is 0.0496. The summed E-state index contributed by atoms with van der Waals surface area (Å²) in [5.41, 5.74) is 0. The summed E-state index contributed by atoms with van der Waals surface area (Å²) in [6.07, 6.45) is 0.459. The third kappa shape index (κ3) is 3.17. The van der Waals surface area contributed by atoms with Gasteiger partial charge in [-0.3, -0.25) is 9.59 Å². The Morgan fingerprint density at radius 2 is 2.24 bits per heavy atom. The molecule has 0 aromatic heterocycles. The molecular formula is C11H19N3O3. The van der Waals surface area contributed by atoms with Crippen molar-refractivity contribution in [2.75, 3.05) is 32.8 Å². The highest BCUT2D eigenvalue weighted by molar-refractivity contribution is 5.82. The predicted molar refractivity (Wildman–Crippen MR) is 61.4 cm³/mol. The smallest absolute Gasteiger partial charge is 0.239 e. The van der Waals surface area contributed by atoms with Crippen LogP contribution in [0.2, 0.25) is 0 Å². The van der Waals surface area contributed by atoms with Crippen LogP contribution in [-0.4, -0.2) is 61.6 Å². The Bertz CT molecular complexity index is 302. The number of hydrogen-bond donors (Lipinski definition) is 2. The van der Waals surface area contributed by atoms with E-state index < -0.39 is 0 Å². The zero-order valence-corrected chi connectivity index (χ0v) is 10.1. The van der Waals surface area contributed by atoms with E-state index in [9.17, 15) is 9.59 Å². The van der Waals surface area contributed by atoms with Crippen molar-refractivity contribution < 1.29 is 14.3 Å². The molecule has 0 aromatic rings. The van der Waals surface area contributed by atoms with E-state index in [1.54, 1.807) is 0 Å². The normalized spacial score (nSPS) is 26.8. The van der Waals surface area contributed by atoms with E-state index in [2.05, 4.69) is 10.6 Å². The van der Waals surface area contributed by atoms with Crippen molar-refractivity contribution in [3.63, 3.8) is 0 Å². The number of nitrogens with one attached hydrogen (secondary N) is 2. The Morgan fingerprint density at radius 3 is 2.82 bits per heavy atom. The summed E-state index contributed by atoms with van der Waals surface area (Å²) in [4.78, 5) is 24.9. The van der Waals surface area contributed by atoms with Gasteiger partial charge in [-0.2, -0.15) is 0 Å². The predicted octanol–water partition coefficient (Wildman–Crippen LogP) is -1.29. The van der Waals surface area contributed by atoms with Crippen LogP contribution in [0.4, 0.5) is 0 Å². The van der Waals surface area contributed by atoms with E-state index in [4.69, 9.17) is 4.74 Å². The first-order valence-corrected chi connectivity index (χ1v) is 6.06. The molecule has 96 valence electrons. The first-order chi connectivity index (χ1) is 8.16. The number of nitrogens with zero attached hydrogens (tertiary/aromatic N) is 1. The monoisotopic (exact) mass is 241 g/mol. The number of ether oxygens (including phenoxy) is 1. The summed E-state index contributed by atoms with van der Waals surface area (Å²) in [5, 5.41) is 5.94. The van der Waals surface area contributed by atoms with Gasteiger partial charge < -0.3 is 20.3 Å². The first kappa shape index (κ1) is 12.3. The minimum atomic E-state index is -0.245. The SMILES string of the molecule is CC(NC1CNC(=O)C1)C(=O)N1CCOCC1. The molecule has 0 aromatic carbocycles. The molecule has 2 fully saturated rings. The number of carbonyl (C=O) groups is 2. The first-order valence-electron chi connectivity index (χ1n) is 6.06. The van der Waals surface area contributed by atoms with Crippen molar-refractivity contribution in [3.05, 3.63) is 0 Å². The lowest BCUT2D eigenvalue weighted by Crippen LogP contribution is -2.51. The number of amides is 2. The fourth-order valence-electron chi connectivity index (χ4n) is 2.21. The molecule has 2 rings (SSSR count). The summed E-state index contributed by atoms with van der Waals surface area (Å²) in [5.74, 6) is 0.140. The fraction of sp³-hybridized carbons (Fsp3) is 0.818. The molecule has 2 aliphatic heterocycles. The van der Waals surface area contributed by atoms with Gasteiger partial charge in [0, 0.05) is 32.1 Å². The molecule has 6 nitrogen and oxygen atoms in total. The highest BCUT2D eigenvalue weighted by Gasteiger charge is 2.27. The van der Waals surface area contributed by atoms with Crippen LogP contribution in [0.5, 0.6) is 0 Å². The highest BCUT2D eigenvalue weighted by atomic mass is 16.5. The maximum atomic E-state index is 12.1. The largest absolute Gasteiger partial charge is 0.378 e. The second kappa shape index (κ2) is 5.46. The van der Waals surface area contributed by atoms with Crippen LogP contribution < -0.4 is 10.6 Å². The van der Waals surface area contributed by atoms with Crippen molar-refractivity contribution in [3.8, 4) is 0 Å². The van der Waals surface area contributed by atoms with E-state index in [-0.39, 0.29) is 23.9 Å². The van der Waals surface area contributed by atoms with Crippen molar-refractivity contribution in [1.82, 2.24) is 15.5 Å². The minimum Gasteiger partial charge on any atom is -0.378 e. The Morgan fingerprint density at radius 1 is 1.53 bits per heavy atom. The van der Waals surface area contributed by atoms with Crippen LogP contribution in [0.25, 0.3) is 0 Å². The molecular weight excluding hydrogens is 222 g/mol. The molecule has 2 amide bonds. The van der Waals surface area contributed by atoms with Crippen LogP contribution in [0.15, 0.2) is 0 Å². The van der Waals surface area contributed by atoms with Gasteiger partial charge in [-0.15, -0.1) is 0 Å². The molecule has 6 heteroatoms. The third-order valence-corrected chi connectivity index (χ3v) is 3.16. The highest BCUT2D eigenvalue weighted by Crippen LogP contribution is 2.04. The van der Waals surface area contributed by atoms with E-state index in [1.165, 1.54) is 0 Å². The molecule has 0 aliphatic carbocycles. The van der Waals surface area contributed by atoms with Gasteiger partial charge in [0.2, 0.25) is 11.8 Å². The zero-order chi connectivity index (χ0) is 12.3. The second-order valence-electron chi connectivity index (χ2n) is 4.53. The van der Waals surface area contributed by atoms with Crippen LogP contribution >= 0.6 is 0 Å². The summed E-state index contributed by atoms with van der Waals surface area (Å²) < 4.78 is 5.21. The average Bonchev–Trinajstić information content (AvgIpc) is 2.75. The van der Waals surface area contributed by atoms with Gasteiger partial charge in [0.05, 0.1) is 19.3 Å². The molecule has 0 radical (unpaired) electrons. The van der Waals surface area contributed by atoms with Crippen molar-refractivity contribution in [2.24, 2.45) is 0 Å². The maximum Gasteiger partial charge on any atom is 0.239 e. The number of rotatable bonds is 3. The average molecular weight is 241 g/mol. The van der Waals surface area contributed by atoms with Crippen LogP contribution in [0.3, 0.4) is 0 Å². The lowest BCUT2D eigenvalue weighted by molar-refractivity contribution is -0.137. The van der Waals surface area contributed by atoms with E-state index in [0.29, 0.717) is 39.3 Å². The molecule has 2 unspecified atom stereocenters. The van der Waals surface area contributed by atoms with Crippen LogP contribution in [0, 0.1) is 0 Å². The van der Waals surface area contributed by atoms with Crippen LogP contribution in [0.1, 0.15) is 13.3 Å².